The van der Waals surface area contributed by atoms with Crippen molar-refractivity contribution in [3.63, 3.8) is 0 Å². The number of aromatic nitrogens is 2. The van der Waals surface area contributed by atoms with Gasteiger partial charge in [0.2, 0.25) is 0 Å². The van der Waals surface area contributed by atoms with Gasteiger partial charge in [-0.3, -0.25) is 14.9 Å². The van der Waals surface area contributed by atoms with Gasteiger partial charge in [0.25, 0.3) is 11.6 Å². The predicted octanol–water partition coefficient (Wildman–Crippen LogP) is 4.90. The summed E-state index contributed by atoms with van der Waals surface area (Å²) in [6, 6.07) is 24.4. The highest BCUT2D eigenvalue weighted by Crippen LogP contribution is 2.25. The molecule has 34 heavy (non-hydrogen) atoms. The molecule has 0 bridgehead atoms. The van der Waals surface area contributed by atoms with Crippen molar-refractivity contribution < 1.29 is 9.72 Å². The first kappa shape index (κ1) is 22.9. The average molecular weight is 472 g/mol. The Morgan fingerprint density at radius 1 is 1.06 bits per heavy atom. The summed E-state index contributed by atoms with van der Waals surface area (Å²) in [6.07, 6.45) is 4.48. The van der Waals surface area contributed by atoms with Crippen molar-refractivity contribution in [3.05, 3.63) is 106 Å². The molecule has 0 unspecified atom stereocenters. The third-order valence-corrected chi connectivity index (χ3v) is 5.87. The lowest BCUT2D eigenvalue weighted by Gasteiger charge is -2.09. The molecule has 0 aliphatic carbocycles. The zero-order valence-electron chi connectivity index (χ0n) is 18.1. The first-order valence-electron chi connectivity index (χ1n) is 10.5. The summed E-state index contributed by atoms with van der Waals surface area (Å²) in [5.41, 5.74) is 5.96. The number of fused-ring (bicyclic) bond motifs is 1. The fourth-order valence-corrected chi connectivity index (χ4v) is 4.14. The molecule has 0 radical (unpaired) electrons. The van der Waals surface area contributed by atoms with Crippen LogP contribution in [0, 0.1) is 10.1 Å². The topological polar surface area (TPSA) is 102 Å². The number of benzene rings is 3. The molecule has 8 nitrogen and oxygen atoms in total. The van der Waals surface area contributed by atoms with Crippen LogP contribution in [0.25, 0.3) is 17.1 Å². The van der Waals surface area contributed by atoms with E-state index in [9.17, 15) is 14.9 Å². The number of amides is 1. The third kappa shape index (κ3) is 5.76. The highest BCUT2D eigenvalue weighted by Gasteiger charge is 2.13. The van der Waals surface area contributed by atoms with Crippen molar-refractivity contribution >= 4 is 46.7 Å². The standard InChI is InChI=1S/C25H21N5O3S/c31-24(28-26-16-8-12-20-11-4-6-14-22(20)30(32)33)18-34-25-27-21-13-5-7-15-23(21)29(25)17-19-9-2-1-3-10-19/h1-16H,17-18H2,(H,28,31)/b12-8+,26-16-. The van der Waals surface area contributed by atoms with Gasteiger partial charge in [-0.25, -0.2) is 10.4 Å². The molecule has 0 saturated heterocycles. The number of hydrogen-bond donors (Lipinski definition) is 1. The lowest BCUT2D eigenvalue weighted by atomic mass is 10.2. The van der Waals surface area contributed by atoms with Crippen molar-refractivity contribution in [1.82, 2.24) is 15.0 Å². The van der Waals surface area contributed by atoms with Crippen LogP contribution in [-0.2, 0) is 11.3 Å². The second kappa shape index (κ2) is 11.1. The SMILES string of the molecule is O=C(CSc1nc2ccccc2n1Cc1ccccc1)N/N=C\C=C\c1ccccc1[N+](=O)[O-]. The van der Waals surface area contributed by atoms with E-state index in [0.29, 0.717) is 12.1 Å². The number of para-hydroxylation sites is 3. The van der Waals surface area contributed by atoms with E-state index in [1.54, 1.807) is 24.3 Å². The summed E-state index contributed by atoms with van der Waals surface area (Å²) < 4.78 is 2.10. The molecule has 0 spiro atoms. The van der Waals surface area contributed by atoms with E-state index < -0.39 is 4.92 Å². The van der Waals surface area contributed by atoms with Crippen LogP contribution in [0.3, 0.4) is 0 Å². The second-order valence-corrected chi connectivity index (χ2v) is 8.17. The maximum Gasteiger partial charge on any atom is 0.276 e. The van der Waals surface area contributed by atoms with Crippen LogP contribution >= 0.6 is 11.8 Å². The number of allylic oxidation sites excluding steroid dienone is 1. The first-order valence-corrected chi connectivity index (χ1v) is 11.4. The minimum absolute atomic E-state index is 0.00553. The molecule has 0 aliphatic heterocycles. The molecule has 1 heterocycles. The number of imidazole rings is 1. The predicted molar refractivity (Wildman–Crippen MR) is 135 cm³/mol. The van der Waals surface area contributed by atoms with Gasteiger partial charge in [-0.2, -0.15) is 5.10 Å². The van der Waals surface area contributed by atoms with Crippen LogP contribution in [0.2, 0.25) is 0 Å². The van der Waals surface area contributed by atoms with Crippen LogP contribution in [0.5, 0.6) is 0 Å². The number of nitro benzene ring substituents is 1. The Morgan fingerprint density at radius 3 is 2.62 bits per heavy atom. The third-order valence-electron chi connectivity index (χ3n) is 4.89. The van der Waals surface area contributed by atoms with Crippen molar-refractivity contribution in [2.75, 3.05) is 5.75 Å². The molecule has 0 saturated carbocycles. The molecular formula is C25H21N5O3S. The fraction of sp³-hybridized carbons (Fsp3) is 0.0800. The summed E-state index contributed by atoms with van der Waals surface area (Å²) in [5.74, 6) is -0.137. The van der Waals surface area contributed by atoms with Crippen LogP contribution < -0.4 is 5.43 Å². The molecule has 4 rings (SSSR count). The monoisotopic (exact) mass is 471 g/mol. The molecule has 3 aromatic carbocycles. The lowest BCUT2D eigenvalue weighted by Crippen LogP contribution is -2.19. The molecule has 0 aliphatic rings. The Hall–Kier alpha value is -4.24. The minimum atomic E-state index is -0.444. The smallest absolute Gasteiger partial charge is 0.276 e. The summed E-state index contributed by atoms with van der Waals surface area (Å²) in [7, 11) is 0. The summed E-state index contributed by atoms with van der Waals surface area (Å²) >= 11 is 1.34. The largest absolute Gasteiger partial charge is 0.314 e. The summed E-state index contributed by atoms with van der Waals surface area (Å²) in [5, 5.41) is 15.7. The molecule has 9 heteroatoms. The average Bonchev–Trinajstić information content (AvgIpc) is 3.20. The number of rotatable bonds is 9. The maximum atomic E-state index is 12.3. The van der Waals surface area contributed by atoms with Gasteiger partial charge < -0.3 is 4.57 Å². The van der Waals surface area contributed by atoms with E-state index >= 15 is 0 Å². The zero-order chi connectivity index (χ0) is 23.8. The molecule has 0 atom stereocenters. The van der Waals surface area contributed by atoms with Crippen molar-refractivity contribution in [2.24, 2.45) is 5.10 Å². The summed E-state index contributed by atoms with van der Waals surface area (Å²) in [4.78, 5) is 27.6. The normalized spacial score (nSPS) is 11.4. The van der Waals surface area contributed by atoms with Gasteiger partial charge in [0, 0.05) is 12.3 Å². The number of hydrazone groups is 1. The zero-order valence-corrected chi connectivity index (χ0v) is 18.9. The van der Waals surface area contributed by atoms with E-state index in [2.05, 4.69) is 32.2 Å². The van der Waals surface area contributed by atoms with Gasteiger partial charge >= 0.3 is 0 Å². The first-order chi connectivity index (χ1) is 16.6. The number of thioether (sulfide) groups is 1. The Bertz CT molecular complexity index is 1370. The van der Waals surface area contributed by atoms with Gasteiger partial charge in [-0.1, -0.05) is 66.4 Å². The second-order valence-electron chi connectivity index (χ2n) is 7.23. The number of nitrogens with one attached hydrogen (secondary N) is 1. The highest BCUT2D eigenvalue weighted by atomic mass is 32.2. The Labute approximate surface area is 200 Å². The number of hydrogen-bond acceptors (Lipinski definition) is 6. The maximum absolute atomic E-state index is 12.3. The van der Waals surface area contributed by atoms with Crippen molar-refractivity contribution in [3.8, 4) is 0 Å². The number of carbonyl (C=O) groups is 1. The van der Waals surface area contributed by atoms with Crippen LogP contribution in [0.1, 0.15) is 11.1 Å². The summed E-state index contributed by atoms with van der Waals surface area (Å²) in [6.45, 7) is 0.653. The van der Waals surface area contributed by atoms with E-state index in [1.807, 2.05) is 42.5 Å². The Balaban J connectivity index is 1.37. The lowest BCUT2D eigenvalue weighted by molar-refractivity contribution is -0.385. The number of carbonyl (C=O) groups excluding carboxylic acids is 1. The van der Waals surface area contributed by atoms with Gasteiger partial charge in [-0.05, 0) is 35.9 Å². The van der Waals surface area contributed by atoms with E-state index in [-0.39, 0.29) is 17.3 Å². The molecule has 1 aromatic heterocycles. The van der Waals surface area contributed by atoms with Gasteiger partial charge in [0.15, 0.2) is 5.16 Å². The van der Waals surface area contributed by atoms with Gasteiger partial charge in [0.1, 0.15) is 0 Å². The number of nitrogens with zero attached hydrogens (tertiary/aromatic N) is 4. The highest BCUT2D eigenvalue weighted by molar-refractivity contribution is 7.99. The molecule has 170 valence electrons. The molecule has 1 amide bonds. The van der Waals surface area contributed by atoms with Crippen LogP contribution in [0.4, 0.5) is 5.69 Å². The van der Waals surface area contributed by atoms with E-state index in [4.69, 9.17) is 0 Å². The van der Waals surface area contributed by atoms with Crippen molar-refractivity contribution in [2.45, 2.75) is 11.7 Å². The van der Waals surface area contributed by atoms with Crippen LogP contribution in [0.15, 0.2) is 95.2 Å². The van der Waals surface area contributed by atoms with Gasteiger partial charge in [-0.15, -0.1) is 0 Å². The fourth-order valence-electron chi connectivity index (χ4n) is 3.34. The number of nitro groups is 1. The molecule has 4 aromatic rings. The van der Waals surface area contributed by atoms with E-state index in [1.165, 1.54) is 30.1 Å². The van der Waals surface area contributed by atoms with E-state index in [0.717, 1.165) is 21.8 Å². The Kier molecular flexibility index (Phi) is 7.46. The van der Waals surface area contributed by atoms with Crippen molar-refractivity contribution in [1.29, 1.82) is 0 Å². The van der Waals surface area contributed by atoms with Crippen LogP contribution in [-0.4, -0.2) is 32.3 Å². The molecular weight excluding hydrogens is 450 g/mol. The quantitative estimate of drug-likeness (QED) is 0.162. The molecule has 1 N–H and O–H groups in total. The minimum Gasteiger partial charge on any atom is -0.314 e. The van der Waals surface area contributed by atoms with Gasteiger partial charge in [0.05, 0.1) is 33.8 Å². The molecule has 0 fully saturated rings. The Morgan fingerprint density at radius 2 is 1.79 bits per heavy atom.